The molecule has 0 aliphatic rings. The summed E-state index contributed by atoms with van der Waals surface area (Å²) in [6.45, 7) is 0. The Morgan fingerprint density at radius 1 is 0.950 bits per heavy atom. The highest BCUT2D eigenvalue weighted by atomic mass is 19.1. The molecule has 1 unspecified atom stereocenters. The van der Waals surface area contributed by atoms with Crippen molar-refractivity contribution in [3.63, 3.8) is 0 Å². The third-order valence-corrected chi connectivity index (χ3v) is 3.02. The number of benzene rings is 2. The lowest BCUT2D eigenvalue weighted by atomic mass is 9.98. The molecule has 1 atom stereocenters. The van der Waals surface area contributed by atoms with Crippen LogP contribution in [-0.2, 0) is 0 Å². The standard InChI is InChI=1S/C15H15F2NO2/c1-19-12-3-4-13(14(8-12)20-2)15(18)9-5-10(16)7-11(17)6-9/h3-8,15H,18H2,1-2H3. The topological polar surface area (TPSA) is 44.5 Å². The zero-order valence-corrected chi connectivity index (χ0v) is 11.2. The van der Waals surface area contributed by atoms with Gasteiger partial charge in [-0.15, -0.1) is 0 Å². The molecular weight excluding hydrogens is 264 g/mol. The third-order valence-electron chi connectivity index (χ3n) is 3.02. The highest BCUT2D eigenvalue weighted by Crippen LogP contribution is 2.32. The Morgan fingerprint density at radius 2 is 1.60 bits per heavy atom. The first-order valence-electron chi connectivity index (χ1n) is 5.98. The molecule has 0 radical (unpaired) electrons. The second-order valence-corrected chi connectivity index (χ2v) is 4.29. The fourth-order valence-corrected chi connectivity index (χ4v) is 2.01. The molecule has 20 heavy (non-hydrogen) atoms. The number of nitrogens with two attached hydrogens (primary N) is 1. The van der Waals surface area contributed by atoms with Crippen LogP contribution in [0.3, 0.4) is 0 Å². The van der Waals surface area contributed by atoms with E-state index in [-0.39, 0.29) is 0 Å². The molecule has 0 aromatic heterocycles. The molecule has 0 bridgehead atoms. The molecule has 0 aliphatic heterocycles. The van der Waals surface area contributed by atoms with Crippen molar-refractivity contribution in [1.82, 2.24) is 0 Å². The Balaban J connectivity index is 2.44. The fraction of sp³-hybridized carbons (Fsp3) is 0.200. The summed E-state index contributed by atoms with van der Waals surface area (Å²) in [4.78, 5) is 0. The lowest BCUT2D eigenvalue weighted by molar-refractivity contribution is 0.390. The van der Waals surface area contributed by atoms with Crippen LogP contribution in [0.5, 0.6) is 11.5 Å². The molecule has 0 spiro atoms. The van der Waals surface area contributed by atoms with Gasteiger partial charge >= 0.3 is 0 Å². The minimum Gasteiger partial charge on any atom is -0.497 e. The number of hydrogen-bond acceptors (Lipinski definition) is 3. The van der Waals surface area contributed by atoms with Crippen molar-refractivity contribution in [2.75, 3.05) is 14.2 Å². The van der Waals surface area contributed by atoms with Gasteiger partial charge in [0.2, 0.25) is 0 Å². The van der Waals surface area contributed by atoms with Crippen LogP contribution in [-0.4, -0.2) is 14.2 Å². The minimum absolute atomic E-state index is 0.339. The molecule has 106 valence electrons. The predicted molar refractivity (Wildman–Crippen MR) is 71.9 cm³/mol. The normalized spacial score (nSPS) is 12.1. The largest absolute Gasteiger partial charge is 0.497 e. The van der Waals surface area contributed by atoms with Crippen LogP contribution in [0.4, 0.5) is 8.78 Å². The number of halogens is 2. The van der Waals surface area contributed by atoms with Gasteiger partial charge in [0.15, 0.2) is 0 Å². The van der Waals surface area contributed by atoms with Gasteiger partial charge in [0.25, 0.3) is 0 Å². The van der Waals surface area contributed by atoms with Gasteiger partial charge in [-0.1, -0.05) is 0 Å². The molecule has 2 aromatic rings. The van der Waals surface area contributed by atoms with E-state index in [0.717, 1.165) is 6.07 Å². The molecule has 3 nitrogen and oxygen atoms in total. The summed E-state index contributed by atoms with van der Waals surface area (Å²) in [7, 11) is 3.04. The molecular formula is C15H15F2NO2. The van der Waals surface area contributed by atoms with Crippen molar-refractivity contribution in [3.8, 4) is 11.5 Å². The number of methoxy groups -OCH3 is 2. The average Bonchev–Trinajstić information content (AvgIpc) is 2.44. The maximum absolute atomic E-state index is 13.3. The highest BCUT2D eigenvalue weighted by molar-refractivity contribution is 5.45. The zero-order chi connectivity index (χ0) is 14.7. The molecule has 0 saturated heterocycles. The molecule has 2 aromatic carbocycles. The van der Waals surface area contributed by atoms with Crippen LogP contribution in [0.15, 0.2) is 36.4 Å². The molecule has 0 saturated carbocycles. The van der Waals surface area contributed by atoms with E-state index in [9.17, 15) is 8.78 Å². The Hall–Kier alpha value is -2.14. The van der Waals surface area contributed by atoms with Gasteiger partial charge in [-0.05, 0) is 29.8 Å². The lowest BCUT2D eigenvalue weighted by Crippen LogP contribution is -2.13. The SMILES string of the molecule is COc1ccc(C(N)c2cc(F)cc(F)c2)c(OC)c1. The first-order chi connectivity index (χ1) is 9.55. The van der Waals surface area contributed by atoms with Crippen LogP contribution in [0.1, 0.15) is 17.2 Å². The Morgan fingerprint density at radius 3 is 2.15 bits per heavy atom. The van der Waals surface area contributed by atoms with E-state index in [2.05, 4.69) is 0 Å². The van der Waals surface area contributed by atoms with Crippen molar-refractivity contribution in [2.24, 2.45) is 5.73 Å². The van der Waals surface area contributed by atoms with Crippen molar-refractivity contribution < 1.29 is 18.3 Å². The summed E-state index contributed by atoms with van der Waals surface area (Å²) in [6, 6.07) is 7.63. The van der Waals surface area contributed by atoms with Gasteiger partial charge in [-0.25, -0.2) is 8.78 Å². The number of hydrogen-bond donors (Lipinski definition) is 1. The second kappa shape index (κ2) is 5.88. The Bertz CT molecular complexity index is 597. The maximum atomic E-state index is 13.3. The van der Waals surface area contributed by atoms with Gasteiger partial charge in [0, 0.05) is 17.7 Å². The fourth-order valence-electron chi connectivity index (χ4n) is 2.01. The summed E-state index contributed by atoms with van der Waals surface area (Å²) in [5.41, 5.74) is 7.03. The maximum Gasteiger partial charge on any atom is 0.127 e. The van der Waals surface area contributed by atoms with Gasteiger partial charge < -0.3 is 15.2 Å². The molecule has 5 heteroatoms. The first kappa shape index (κ1) is 14.3. The van der Waals surface area contributed by atoms with E-state index in [4.69, 9.17) is 15.2 Å². The van der Waals surface area contributed by atoms with E-state index in [1.54, 1.807) is 18.2 Å². The first-order valence-corrected chi connectivity index (χ1v) is 5.98. The van der Waals surface area contributed by atoms with E-state index >= 15 is 0 Å². The smallest absolute Gasteiger partial charge is 0.127 e. The minimum atomic E-state index is -0.693. The van der Waals surface area contributed by atoms with Crippen molar-refractivity contribution in [2.45, 2.75) is 6.04 Å². The molecule has 0 aliphatic carbocycles. The summed E-state index contributed by atoms with van der Waals surface area (Å²) < 4.78 is 36.9. The predicted octanol–water partition coefficient (Wildman–Crippen LogP) is 3.03. The lowest BCUT2D eigenvalue weighted by Gasteiger charge is -2.17. The van der Waals surface area contributed by atoms with Crippen LogP contribution in [0.2, 0.25) is 0 Å². The monoisotopic (exact) mass is 279 g/mol. The quantitative estimate of drug-likeness (QED) is 0.935. The second-order valence-electron chi connectivity index (χ2n) is 4.29. The van der Waals surface area contributed by atoms with Crippen molar-refractivity contribution in [3.05, 3.63) is 59.2 Å². The molecule has 0 heterocycles. The van der Waals surface area contributed by atoms with Crippen LogP contribution >= 0.6 is 0 Å². The van der Waals surface area contributed by atoms with Gasteiger partial charge in [-0.2, -0.15) is 0 Å². The van der Waals surface area contributed by atoms with Gasteiger partial charge in [0.1, 0.15) is 23.1 Å². The van der Waals surface area contributed by atoms with Crippen LogP contribution < -0.4 is 15.2 Å². The molecule has 2 N–H and O–H groups in total. The number of rotatable bonds is 4. The van der Waals surface area contributed by atoms with Crippen molar-refractivity contribution in [1.29, 1.82) is 0 Å². The third kappa shape index (κ3) is 2.88. The van der Waals surface area contributed by atoms with Crippen molar-refractivity contribution >= 4 is 0 Å². The summed E-state index contributed by atoms with van der Waals surface area (Å²) >= 11 is 0. The van der Waals surface area contributed by atoms with E-state index in [1.807, 2.05) is 0 Å². The van der Waals surface area contributed by atoms with Crippen LogP contribution in [0, 0.1) is 11.6 Å². The summed E-state index contributed by atoms with van der Waals surface area (Å²) in [6.07, 6.45) is 0. The van der Waals surface area contributed by atoms with E-state index in [0.29, 0.717) is 22.6 Å². The highest BCUT2D eigenvalue weighted by Gasteiger charge is 2.16. The van der Waals surface area contributed by atoms with Crippen LogP contribution in [0.25, 0.3) is 0 Å². The van der Waals surface area contributed by atoms with Gasteiger partial charge in [0.05, 0.1) is 20.3 Å². The molecule has 2 rings (SSSR count). The zero-order valence-electron chi connectivity index (χ0n) is 11.2. The summed E-state index contributed by atoms with van der Waals surface area (Å²) in [5.74, 6) is -0.212. The Kier molecular flexibility index (Phi) is 4.20. The van der Waals surface area contributed by atoms with Gasteiger partial charge in [-0.3, -0.25) is 0 Å². The number of ether oxygens (including phenoxy) is 2. The van der Waals surface area contributed by atoms with E-state index in [1.165, 1.54) is 26.4 Å². The Labute approximate surface area is 115 Å². The van der Waals surface area contributed by atoms with E-state index < -0.39 is 17.7 Å². The summed E-state index contributed by atoms with van der Waals surface area (Å²) in [5, 5.41) is 0. The average molecular weight is 279 g/mol. The molecule has 0 amide bonds. The molecule has 0 fully saturated rings.